The largest absolute Gasteiger partial charge is 0.373 e. The molecular weight excluding hydrogens is 236 g/mol. The van der Waals surface area contributed by atoms with Gasteiger partial charge >= 0.3 is 0 Å². The molecule has 1 heterocycles. The van der Waals surface area contributed by atoms with Crippen LogP contribution >= 0.6 is 0 Å². The zero-order valence-electron chi connectivity index (χ0n) is 12.2. The van der Waals surface area contributed by atoms with Crippen LogP contribution in [0.2, 0.25) is 0 Å². The van der Waals surface area contributed by atoms with Gasteiger partial charge < -0.3 is 10.1 Å². The van der Waals surface area contributed by atoms with E-state index in [1.165, 1.54) is 31.2 Å². The molecule has 1 N–H and O–H groups in total. The van der Waals surface area contributed by atoms with Crippen LogP contribution in [0.25, 0.3) is 0 Å². The van der Waals surface area contributed by atoms with Crippen molar-refractivity contribution in [1.82, 2.24) is 4.98 Å². The molecule has 19 heavy (non-hydrogen) atoms. The van der Waals surface area contributed by atoms with Crippen molar-refractivity contribution in [2.75, 3.05) is 11.9 Å². The number of rotatable bonds is 6. The molecule has 1 aromatic rings. The van der Waals surface area contributed by atoms with E-state index in [0.29, 0.717) is 18.6 Å². The molecule has 1 fully saturated rings. The summed E-state index contributed by atoms with van der Waals surface area (Å²) in [5.41, 5.74) is 1.21. The Labute approximate surface area is 116 Å². The van der Waals surface area contributed by atoms with E-state index in [9.17, 15) is 0 Å². The molecule has 1 aliphatic rings. The van der Waals surface area contributed by atoms with E-state index in [4.69, 9.17) is 4.74 Å². The molecule has 0 aromatic carbocycles. The lowest BCUT2D eigenvalue weighted by Crippen LogP contribution is -2.25. The van der Waals surface area contributed by atoms with Crippen LogP contribution in [-0.2, 0) is 11.3 Å². The van der Waals surface area contributed by atoms with Crippen LogP contribution < -0.4 is 5.32 Å². The van der Waals surface area contributed by atoms with E-state index in [0.717, 1.165) is 18.8 Å². The molecule has 0 saturated heterocycles. The summed E-state index contributed by atoms with van der Waals surface area (Å²) in [6.07, 6.45) is 8.62. The van der Waals surface area contributed by atoms with Crippen molar-refractivity contribution in [1.29, 1.82) is 0 Å². The van der Waals surface area contributed by atoms with Gasteiger partial charge in [0.05, 0.1) is 12.7 Å². The average Bonchev–Trinajstić information content (AvgIpc) is 2.45. The van der Waals surface area contributed by atoms with Gasteiger partial charge in [-0.05, 0) is 42.9 Å². The minimum Gasteiger partial charge on any atom is -0.373 e. The van der Waals surface area contributed by atoms with Gasteiger partial charge in [0, 0.05) is 12.7 Å². The number of nitrogens with zero attached hydrogens (tertiary/aromatic N) is 1. The predicted octanol–water partition coefficient (Wildman–Crippen LogP) is 4.00. The molecule has 2 unspecified atom stereocenters. The Kier molecular flexibility index (Phi) is 5.64. The fraction of sp³-hybridized carbons (Fsp3) is 0.688. The van der Waals surface area contributed by atoms with Crippen molar-refractivity contribution in [3.8, 4) is 0 Å². The van der Waals surface area contributed by atoms with Gasteiger partial charge in [-0.3, -0.25) is 0 Å². The van der Waals surface area contributed by atoms with Crippen molar-refractivity contribution < 1.29 is 4.74 Å². The number of aromatic nitrogens is 1. The topological polar surface area (TPSA) is 34.1 Å². The number of nitrogens with one attached hydrogen (secondary N) is 1. The van der Waals surface area contributed by atoms with E-state index < -0.39 is 0 Å². The molecule has 2 rings (SSSR count). The highest BCUT2D eigenvalue weighted by Gasteiger charge is 2.21. The first-order chi connectivity index (χ1) is 9.29. The first kappa shape index (κ1) is 14.3. The Balaban J connectivity index is 1.84. The van der Waals surface area contributed by atoms with Crippen LogP contribution in [0.5, 0.6) is 0 Å². The molecular formula is C16H26N2O. The second-order valence-electron chi connectivity index (χ2n) is 5.59. The average molecular weight is 262 g/mol. The zero-order chi connectivity index (χ0) is 13.5. The van der Waals surface area contributed by atoms with Crippen molar-refractivity contribution in [2.45, 2.75) is 58.7 Å². The third-order valence-electron chi connectivity index (χ3n) is 3.88. The number of pyridine rings is 1. The van der Waals surface area contributed by atoms with Crippen LogP contribution in [0.15, 0.2) is 18.3 Å². The first-order valence-electron chi connectivity index (χ1n) is 7.60. The second-order valence-corrected chi connectivity index (χ2v) is 5.59. The smallest absolute Gasteiger partial charge is 0.126 e. The van der Waals surface area contributed by atoms with Crippen molar-refractivity contribution in [3.63, 3.8) is 0 Å². The summed E-state index contributed by atoms with van der Waals surface area (Å²) in [6, 6.07) is 4.15. The fourth-order valence-corrected chi connectivity index (χ4v) is 2.65. The van der Waals surface area contributed by atoms with Gasteiger partial charge in [-0.1, -0.05) is 26.7 Å². The summed E-state index contributed by atoms with van der Waals surface area (Å²) < 4.78 is 6.09. The lowest BCUT2D eigenvalue weighted by Gasteiger charge is -2.28. The van der Waals surface area contributed by atoms with Gasteiger partial charge in [0.1, 0.15) is 5.82 Å². The second kappa shape index (κ2) is 7.49. The third-order valence-corrected chi connectivity index (χ3v) is 3.88. The third kappa shape index (κ3) is 4.50. The van der Waals surface area contributed by atoms with Crippen LogP contribution in [0.3, 0.4) is 0 Å². The van der Waals surface area contributed by atoms with Gasteiger partial charge in [-0.15, -0.1) is 0 Å². The molecule has 0 bridgehead atoms. The molecule has 1 saturated carbocycles. The summed E-state index contributed by atoms with van der Waals surface area (Å²) in [4.78, 5) is 4.32. The number of hydrogen-bond acceptors (Lipinski definition) is 3. The highest BCUT2D eigenvalue weighted by molar-refractivity contribution is 5.37. The zero-order valence-corrected chi connectivity index (χ0v) is 12.2. The molecule has 1 aromatic heterocycles. The molecule has 1 aliphatic carbocycles. The van der Waals surface area contributed by atoms with Gasteiger partial charge in [-0.2, -0.15) is 0 Å². The molecule has 0 radical (unpaired) electrons. The van der Waals surface area contributed by atoms with Crippen molar-refractivity contribution in [3.05, 3.63) is 23.9 Å². The number of ether oxygens (including phenoxy) is 1. The molecule has 0 aliphatic heterocycles. The molecule has 2 atom stereocenters. The molecule has 106 valence electrons. The van der Waals surface area contributed by atoms with Gasteiger partial charge in [0.2, 0.25) is 0 Å². The van der Waals surface area contributed by atoms with Crippen LogP contribution in [0, 0.1) is 5.92 Å². The maximum atomic E-state index is 6.09. The van der Waals surface area contributed by atoms with Crippen LogP contribution in [0.1, 0.15) is 51.5 Å². The summed E-state index contributed by atoms with van der Waals surface area (Å²) in [7, 11) is 0. The molecule has 3 heteroatoms. The number of hydrogen-bond donors (Lipinski definition) is 1. The van der Waals surface area contributed by atoms with E-state index in [1.807, 2.05) is 12.3 Å². The van der Waals surface area contributed by atoms with E-state index in [1.54, 1.807) is 0 Å². The molecule has 3 nitrogen and oxygen atoms in total. The Morgan fingerprint density at radius 1 is 1.37 bits per heavy atom. The highest BCUT2D eigenvalue weighted by atomic mass is 16.5. The number of anilines is 1. The standard InChI is InChI=1S/C16H26N2O/c1-3-9-17-16-11-14(8-10-18-16)12-19-15-7-5-4-6-13(15)2/h8,10-11,13,15H,3-7,9,12H2,1-2H3,(H,17,18). The highest BCUT2D eigenvalue weighted by Crippen LogP contribution is 2.27. The van der Waals surface area contributed by atoms with Gasteiger partial charge in [0.25, 0.3) is 0 Å². The maximum absolute atomic E-state index is 6.09. The SMILES string of the molecule is CCCNc1cc(COC2CCCCC2C)ccn1. The van der Waals surface area contributed by atoms with E-state index in [2.05, 4.69) is 30.2 Å². The van der Waals surface area contributed by atoms with Crippen LogP contribution in [-0.4, -0.2) is 17.6 Å². The minimum absolute atomic E-state index is 0.439. The van der Waals surface area contributed by atoms with Crippen LogP contribution in [0.4, 0.5) is 5.82 Å². The van der Waals surface area contributed by atoms with E-state index >= 15 is 0 Å². The Morgan fingerprint density at radius 2 is 2.21 bits per heavy atom. The molecule has 0 spiro atoms. The normalized spacial score (nSPS) is 23.3. The predicted molar refractivity (Wildman–Crippen MR) is 79.2 cm³/mol. The Bertz CT molecular complexity index is 381. The fourth-order valence-electron chi connectivity index (χ4n) is 2.65. The lowest BCUT2D eigenvalue weighted by molar-refractivity contribution is -0.0154. The van der Waals surface area contributed by atoms with Crippen molar-refractivity contribution >= 4 is 5.82 Å². The summed E-state index contributed by atoms with van der Waals surface area (Å²) in [5, 5.41) is 3.31. The first-order valence-corrected chi connectivity index (χ1v) is 7.60. The summed E-state index contributed by atoms with van der Waals surface area (Å²) >= 11 is 0. The summed E-state index contributed by atoms with van der Waals surface area (Å²) in [6.45, 7) is 6.14. The lowest BCUT2D eigenvalue weighted by atomic mass is 9.88. The van der Waals surface area contributed by atoms with E-state index in [-0.39, 0.29) is 0 Å². The minimum atomic E-state index is 0.439. The van der Waals surface area contributed by atoms with Crippen molar-refractivity contribution in [2.24, 2.45) is 5.92 Å². The maximum Gasteiger partial charge on any atom is 0.126 e. The quantitative estimate of drug-likeness (QED) is 0.841. The monoisotopic (exact) mass is 262 g/mol. The molecule has 0 amide bonds. The Morgan fingerprint density at radius 3 is 3.00 bits per heavy atom. The summed E-state index contributed by atoms with van der Waals surface area (Å²) in [5.74, 6) is 1.66. The Hall–Kier alpha value is -1.09. The van der Waals surface area contributed by atoms with Gasteiger partial charge in [0.15, 0.2) is 0 Å². The van der Waals surface area contributed by atoms with Gasteiger partial charge in [-0.25, -0.2) is 4.98 Å².